The Kier molecular flexibility index (Phi) is 4.35. The maximum atomic E-state index is 12.0. The van der Waals surface area contributed by atoms with Gasteiger partial charge < -0.3 is 14.8 Å². The van der Waals surface area contributed by atoms with E-state index < -0.39 is 5.79 Å². The number of nitrogens with one attached hydrogen (secondary N) is 1. The largest absolute Gasteiger partial charge is 0.347 e. The van der Waals surface area contributed by atoms with E-state index >= 15 is 0 Å². The Morgan fingerprint density at radius 3 is 2.58 bits per heavy atom. The van der Waals surface area contributed by atoms with Gasteiger partial charge in [0.05, 0.1) is 19.1 Å². The van der Waals surface area contributed by atoms with Crippen LogP contribution in [0.5, 0.6) is 0 Å². The average Bonchev–Trinajstić information content (AvgIpc) is 2.87. The van der Waals surface area contributed by atoms with Crippen molar-refractivity contribution in [2.24, 2.45) is 5.92 Å². The van der Waals surface area contributed by atoms with Crippen LogP contribution >= 0.6 is 0 Å². The van der Waals surface area contributed by atoms with Crippen LogP contribution in [-0.4, -0.2) is 24.9 Å². The van der Waals surface area contributed by atoms with Gasteiger partial charge in [-0.15, -0.1) is 0 Å². The fraction of sp³-hybridized carbons (Fsp3) is 0.400. The van der Waals surface area contributed by atoms with E-state index in [1.807, 2.05) is 36.4 Å². The fourth-order valence-corrected chi connectivity index (χ4v) is 1.93. The van der Waals surface area contributed by atoms with Crippen molar-refractivity contribution in [2.45, 2.75) is 19.6 Å². The maximum Gasteiger partial charge on any atom is 0.232 e. The van der Waals surface area contributed by atoms with E-state index in [4.69, 9.17) is 9.47 Å². The number of hydrogen-bond donors (Lipinski definition) is 1. The molecule has 1 fully saturated rings. The van der Waals surface area contributed by atoms with Gasteiger partial charge in [-0.1, -0.05) is 30.3 Å². The minimum Gasteiger partial charge on any atom is -0.347 e. The molecule has 4 heteroatoms. The molecule has 1 N–H and O–H groups in total. The molecule has 1 amide bonds. The second kappa shape index (κ2) is 5.99. The first kappa shape index (κ1) is 13.8. The molecule has 1 aliphatic heterocycles. The predicted molar refractivity (Wildman–Crippen MR) is 73.1 cm³/mol. The van der Waals surface area contributed by atoms with Crippen molar-refractivity contribution in [3.05, 3.63) is 42.1 Å². The average molecular weight is 261 g/mol. The summed E-state index contributed by atoms with van der Waals surface area (Å²) in [5.41, 5.74) is 1.04. The number of amides is 1. The molecule has 1 heterocycles. The highest BCUT2D eigenvalue weighted by atomic mass is 16.7. The molecule has 1 atom stereocenters. The van der Waals surface area contributed by atoms with Gasteiger partial charge in [0.15, 0.2) is 5.79 Å². The Hall–Kier alpha value is -1.65. The first-order chi connectivity index (χ1) is 9.12. The molecule has 0 saturated carbocycles. The molecule has 1 aliphatic rings. The van der Waals surface area contributed by atoms with E-state index in [0.29, 0.717) is 13.2 Å². The summed E-state index contributed by atoms with van der Waals surface area (Å²) in [5.74, 6) is -1.29. The van der Waals surface area contributed by atoms with Gasteiger partial charge in [0.2, 0.25) is 5.91 Å². The zero-order chi connectivity index (χ0) is 13.7. The molecule has 102 valence electrons. The molecule has 1 saturated heterocycles. The van der Waals surface area contributed by atoms with E-state index in [1.54, 1.807) is 20.0 Å². The van der Waals surface area contributed by atoms with Crippen molar-refractivity contribution in [2.75, 3.05) is 13.2 Å². The fourth-order valence-electron chi connectivity index (χ4n) is 1.93. The van der Waals surface area contributed by atoms with Gasteiger partial charge in [0.25, 0.3) is 0 Å². The van der Waals surface area contributed by atoms with Crippen LogP contribution in [0.1, 0.15) is 19.4 Å². The van der Waals surface area contributed by atoms with Crippen LogP contribution in [0.2, 0.25) is 0 Å². The Labute approximate surface area is 113 Å². The summed E-state index contributed by atoms with van der Waals surface area (Å²) < 4.78 is 11.0. The molecule has 0 aliphatic carbocycles. The summed E-state index contributed by atoms with van der Waals surface area (Å²) in [7, 11) is 0. The van der Waals surface area contributed by atoms with E-state index in [9.17, 15) is 4.79 Å². The van der Waals surface area contributed by atoms with E-state index in [1.165, 1.54) is 0 Å². The third-order valence-electron chi connectivity index (χ3n) is 3.34. The van der Waals surface area contributed by atoms with Crippen molar-refractivity contribution >= 4 is 12.0 Å². The normalized spacial score (nSPS) is 19.5. The van der Waals surface area contributed by atoms with Gasteiger partial charge in [-0.3, -0.25) is 4.79 Å². The summed E-state index contributed by atoms with van der Waals surface area (Å²) >= 11 is 0. The Bertz CT molecular complexity index is 450. The SMILES string of the molecule is CC(C(=O)NC=Cc1ccccc1)C1(C)OCCO1. The van der Waals surface area contributed by atoms with Crippen molar-refractivity contribution in [1.82, 2.24) is 5.32 Å². The van der Waals surface area contributed by atoms with Crippen LogP contribution in [0.3, 0.4) is 0 Å². The summed E-state index contributed by atoms with van der Waals surface area (Å²) in [5, 5.41) is 2.75. The third kappa shape index (κ3) is 3.43. The van der Waals surface area contributed by atoms with Crippen molar-refractivity contribution in [3.8, 4) is 0 Å². The monoisotopic (exact) mass is 261 g/mol. The molecule has 0 radical (unpaired) electrons. The topological polar surface area (TPSA) is 47.6 Å². The first-order valence-corrected chi connectivity index (χ1v) is 6.42. The summed E-state index contributed by atoms with van der Waals surface area (Å²) in [6.07, 6.45) is 3.50. The Morgan fingerprint density at radius 1 is 1.32 bits per heavy atom. The number of hydrogen-bond acceptors (Lipinski definition) is 3. The second-order valence-electron chi connectivity index (χ2n) is 4.69. The van der Waals surface area contributed by atoms with Crippen molar-refractivity contribution in [3.63, 3.8) is 0 Å². The molecule has 1 unspecified atom stereocenters. The zero-order valence-corrected chi connectivity index (χ0v) is 11.3. The minimum absolute atomic E-state index is 0.114. The summed E-state index contributed by atoms with van der Waals surface area (Å²) in [6, 6.07) is 9.79. The minimum atomic E-state index is -0.815. The van der Waals surface area contributed by atoms with Gasteiger partial charge in [-0.25, -0.2) is 0 Å². The molecular weight excluding hydrogens is 242 g/mol. The smallest absolute Gasteiger partial charge is 0.232 e. The molecule has 1 aromatic rings. The zero-order valence-electron chi connectivity index (χ0n) is 11.3. The van der Waals surface area contributed by atoms with Crippen LogP contribution in [0.15, 0.2) is 36.5 Å². The number of carbonyl (C=O) groups is 1. The Morgan fingerprint density at radius 2 is 1.95 bits per heavy atom. The Balaban J connectivity index is 1.89. The molecule has 0 bridgehead atoms. The van der Waals surface area contributed by atoms with Gasteiger partial charge in [-0.2, -0.15) is 0 Å². The summed E-state index contributed by atoms with van der Waals surface area (Å²) in [4.78, 5) is 12.0. The lowest BCUT2D eigenvalue weighted by atomic mass is 10.0. The lowest BCUT2D eigenvalue weighted by Gasteiger charge is -2.27. The highest BCUT2D eigenvalue weighted by molar-refractivity contribution is 5.80. The molecular formula is C15H19NO3. The van der Waals surface area contributed by atoms with Crippen LogP contribution in [0.4, 0.5) is 0 Å². The first-order valence-electron chi connectivity index (χ1n) is 6.42. The van der Waals surface area contributed by atoms with Crippen LogP contribution in [-0.2, 0) is 14.3 Å². The molecule has 19 heavy (non-hydrogen) atoms. The van der Waals surface area contributed by atoms with Gasteiger partial charge >= 0.3 is 0 Å². The lowest BCUT2D eigenvalue weighted by molar-refractivity contribution is -0.183. The third-order valence-corrected chi connectivity index (χ3v) is 3.34. The van der Waals surface area contributed by atoms with Gasteiger partial charge in [0, 0.05) is 6.20 Å². The second-order valence-corrected chi connectivity index (χ2v) is 4.69. The number of ether oxygens (including phenoxy) is 2. The molecule has 4 nitrogen and oxygen atoms in total. The van der Waals surface area contributed by atoms with E-state index in [0.717, 1.165) is 5.56 Å². The van der Waals surface area contributed by atoms with Crippen molar-refractivity contribution in [1.29, 1.82) is 0 Å². The van der Waals surface area contributed by atoms with Crippen molar-refractivity contribution < 1.29 is 14.3 Å². The maximum absolute atomic E-state index is 12.0. The lowest BCUT2D eigenvalue weighted by Crippen LogP contribution is -2.42. The molecule has 0 aromatic heterocycles. The number of carbonyl (C=O) groups excluding carboxylic acids is 1. The molecule has 1 aromatic carbocycles. The quantitative estimate of drug-likeness (QED) is 0.903. The highest BCUT2D eigenvalue weighted by Gasteiger charge is 2.40. The van der Waals surface area contributed by atoms with Crippen LogP contribution in [0, 0.1) is 5.92 Å². The standard InChI is InChI=1S/C15H19NO3/c1-12(15(2)18-10-11-19-15)14(17)16-9-8-13-6-4-3-5-7-13/h3-9,12H,10-11H2,1-2H3,(H,16,17). The molecule has 2 rings (SSSR count). The number of rotatable bonds is 4. The molecule has 0 spiro atoms. The predicted octanol–water partition coefficient (Wildman–Crippen LogP) is 2.17. The van der Waals surface area contributed by atoms with E-state index in [2.05, 4.69) is 5.32 Å². The van der Waals surface area contributed by atoms with Gasteiger partial charge in [0.1, 0.15) is 0 Å². The van der Waals surface area contributed by atoms with Gasteiger partial charge in [-0.05, 0) is 25.5 Å². The van der Waals surface area contributed by atoms with Crippen LogP contribution in [0.25, 0.3) is 6.08 Å². The van der Waals surface area contributed by atoms with Crippen LogP contribution < -0.4 is 5.32 Å². The number of benzene rings is 1. The van der Waals surface area contributed by atoms with E-state index in [-0.39, 0.29) is 11.8 Å². The summed E-state index contributed by atoms with van der Waals surface area (Å²) in [6.45, 7) is 4.67. The highest BCUT2D eigenvalue weighted by Crippen LogP contribution is 2.27.